The molecule has 3 N–H and O–H groups in total. The lowest BCUT2D eigenvalue weighted by atomic mass is 10.1. The highest BCUT2D eigenvalue weighted by atomic mass is 127. The number of hydrogen-bond donors (Lipinski definition) is 3. The van der Waals surface area contributed by atoms with Gasteiger partial charge in [-0.1, -0.05) is 12.1 Å². The van der Waals surface area contributed by atoms with Gasteiger partial charge in [0.1, 0.15) is 5.82 Å². The summed E-state index contributed by atoms with van der Waals surface area (Å²) in [6, 6.07) is 7.99. The van der Waals surface area contributed by atoms with Crippen LogP contribution in [0.3, 0.4) is 0 Å². The van der Waals surface area contributed by atoms with Crippen molar-refractivity contribution in [3.05, 3.63) is 58.0 Å². The lowest BCUT2D eigenvalue weighted by Gasteiger charge is -2.12. The first-order valence-electron chi connectivity index (χ1n) is 7.64. The fraction of sp³-hybridized carbons (Fsp3) is 0.294. The molecule has 0 atom stereocenters. The average molecular weight is 476 g/mol. The van der Waals surface area contributed by atoms with Crippen molar-refractivity contribution in [3.63, 3.8) is 0 Å². The molecule has 0 saturated heterocycles. The largest absolute Gasteiger partial charge is 0.355 e. The quantitative estimate of drug-likeness (QED) is 0.249. The van der Waals surface area contributed by atoms with Gasteiger partial charge in [-0.05, 0) is 40.1 Å². The number of aliphatic imine (C=N–C) groups is 1. The molecule has 1 heterocycles. The molecule has 25 heavy (non-hydrogen) atoms. The maximum atomic E-state index is 12.8. The van der Waals surface area contributed by atoms with Crippen LogP contribution in [0.4, 0.5) is 4.39 Å². The van der Waals surface area contributed by atoms with Gasteiger partial charge in [-0.3, -0.25) is 9.79 Å². The van der Waals surface area contributed by atoms with Crippen LogP contribution in [-0.2, 0) is 17.8 Å². The summed E-state index contributed by atoms with van der Waals surface area (Å²) in [5, 5.41) is 13.3. The molecule has 0 aliphatic rings. The molecule has 0 spiro atoms. The maximum absolute atomic E-state index is 12.8. The van der Waals surface area contributed by atoms with E-state index in [1.54, 1.807) is 30.5 Å². The molecule has 0 aliphatic carbocycles. The van der Waals surface area contributed by atoms with E-state index in [1.807, 2.05) is 5.38 Å². The molecule has 0 fully saturated rings. The van der Waals surface area contributed by atoms with E-state index >= 15 is 0 Å². The van der Waals surface area contributed by atoms with Gasteiger partial charge in [-0.25, -0.2) is 4.39 Å². The van der Waals surface area contributed by atoms with Gasteiger partial charge in [-0.2, -0.15) is 11.3 Å². The van der Waals surface area contributed by atoms with Gasteiger partial charge in [0.25, 0.3) is 0 Å². The molecule has 0 aliphatic heterocycles. The molecule has 8 heteroatoms. The van der Waals surface area contributed by atoms with Crippen LogP contribution in [-0.4, -0.2) is 32.0 Å². The SMILES string of the molecule is CN=C(NCCNC(=O)Cc1ccc(F)cc1)NCc1ccsc1.I. The van der Waals surface area contributed by atoms with E-state index in [2.05, 4.69) is 32.4 Å². The van der Waals surface area contributed by atoms with Gasteiger partial charge in [0.05, 0.1) is 6.42 Å². The number of carbonyl (C=O) groups is 1. The van der Waals surface area contributed by atoms with Crippen LogP contribution in [0.5, 0.6) is 0 Å². The number of nitrogens with zero attached hydrogens (tertiary/aromatic N) is 1. The Kier molecular flexibility index (Phi) is 10.1. The zero-order chi connectivity index (χ0) is 17.2. The summed E-state index contributed by atoms with van der Waals surface area (Å²) in [5.41, 5.74) is 1.99. The van der Waals surface area contributed by atoms with Gasteiger partial charge in [0, 0.05) is 26.7 Å². The van der Waals surface area contributed by atoms with Crippen molar-refractivity contribution in [2.75, 3.05) is 20.1 Å². The predicted octanol–water partition coefficient (Wildman–Crippen LogP) is 2.53. The van der Waals surface area contributed by atoms with Gasteiger partial charge in [0.2, 0.25) is 5.91 Å². The van der Waals surface area contributed by atoms with Crippen LogP contribution in [0.1, 0.15) is 11.1 Å². The van der Waals surface area contributed by atoms with Crippen molar-refractivity contribution >= 4 is 47.2 Å². The second-order valence-electron chi connectivity index (χ2n) is 5.14. The van der Waals surface area contributed by atoms with Crippen LogP contribution in [0.15, 0.2) is 46.1 Å². The van der Waals surface area contributed by atoms with Gasteiger partial charge in [-0.15, -0.1) is 24.0 Å². The molecule has 0 radical (unpaired) electrons. The summed E-state index contributed by atoms with van der Waals surface area (Å²) in [6.45, 7) is 1.76. The summed E-state index contributed by atoms with van der Waals surface area (Å²) in [6.07, 6.45) is 0.241. The number of hydrogen-bond acceptors (Lipinski definition) is 3. The topological polar surface area (TPSA) is 65.5 Å². The van der Waals surface area contributed by atoms with E-state index in [1.165, 1.54) is 17.7 Å². The molecule has 5 nitrogen and oxygen atoms in total. The van der Waals surface area contributed by atoms with Crippen molar-refractivity contribution in [3.8, 4) is 0 Å². The Morgan fingerprint density at radius 3 is 2.44 bits per heavy atom. The first-order chi connectivity index (χ1) is 11.7. The van der Waals surface area contributed by atoms with Crippen molar-refractivity contribution < 1.29 is 9.18 Å². The fourth-order valence-corrected chi connectivity index (χ4v) is 2.70. The Labute approximate surface area is 168 Å². The monoisotopic (exact) mass is 476 g/mol. The predicted molar refractivity (Wildman–Crippen MR) is 111 cm³/mol. The van der Waals surface area contributed by atoms with Crippen LogP contribution in [0, 0.1) is 5.82 Å². The van der Waals surface area contributed by atoms with Gasteiger partial charge in [0.15, 0.2) is 5.96 Å². The Morgan fingerprint density at radius 2 is 1.80 bits per heavy atom. The van der Waals surface area contributed by atoms with E-state index in [4.69, 9.17) is 0 Å². The standard InChI is InChI=1S/C17H21FN4OS.HI/c1-19-17(22-11-14-6-9-24-12-14)21-8-7-20-16(23)10-13-2-4-15(18)5-3-13;/h2-6,9,12H,7-8,10-11H2,1H3,(H,20,23)(H2,19,21,22);1H. The summed E-state index contributed by atoms with van der Waals surface area (Å²) >= 11 is 1.66. The lowest BCUT2D eigenvalue weighted by Crippen LogP contribution is -2.41. The minimum absolute atomic E-state index is 0. The highest BCUT2D eigenvalue weighted by Crippen LogP contribution is 2.04. The van der Waals surface area contributed by atoms with Crippen LogP contribution >= 0.6 is 35.3 Å². The number of rotatable bonds is 7. The Morgan fingerprint density at radius 1 is 1.08 bits per heavy atom. The average Bonchev–Trinajstić information content (AvgIpc) is 3.10. The first kappa shape index (κ1) is 21.4. The van der Waals surface area contributed by atoms with Gasteiger partial charge >= 0.3 is 0 Å². The first-order valence-corrected chi connectivity index (χ1v) is 8.58. The Hall–Kier alpha value is -1.68. The van der Waals surface area contributed by atoms with Crippen molar-refractivity contribution in [1.82, 2.24) is 16.0 Å². The number of halogens is 2. The molecule has 136 valence electrons. The minimum atomic E-state index is -0.301. The summed E-state index contributed by atoms with van der Waals surface area (Å²) in [7, 11) is 1.70. The number of nitrogens with one attached hydrogen (secondary N) is 3. The minimum Gasteiger partial charge on any atom is -0.355 e. The number of guanidine groups is 1. The lowest BCUT2D eigenvalue weighted by molar-refractivity contribution is -0.120. The molecule has 1 aromatic carbocycles. The molecule has 2 aromatic rings. The van der Waals surface area contributed by atoms with E-state index in [9.17, 15) is 9.18 Å². The normalized spacial score (nSPS) is 10.7. The second-order valence-corrected chi connectivity index (χ2v) is 5.92. The zero-order valence-corrected chi connectivity index (χ0v) is 17.1. The number of benzene rings is 1. The van der Waals surface area contributed by atoms with E-state index in [-0.39, 0.29) is 42.1 Å². The highest BCUT2D eigenvalue weighted by Gasteiger charge is 2.03. The third-order valence-corrected chi connectivity index (χ3v) is 4.01. The maximum Gasteiger partial charge on any atom is 0.224 e. The van der Waals surface area contributed by atoms with Crippen LogP contribution < -0.4 is 16.0 Å². The van der Waals surface area contributed by atoms with E-state index in [0.29, 0.717) is 25.6 Å². The molecular weight excluding hydrogens is 454 g/mol. The summed E-state index contributed by atoms with van der Waals surface area (Å²) < 4.78 is 12.8. The van der Waals surface area contributed by atoms with Crippen LogP contribution in [0.2, 0.25) is 0 Å². The smallest absolute Gasteiger partial charge is 0.224 e. The number of amides is 1. The number of thiophene rings is 1. The molecule has 0 bridgehead atoms. The summed E-state index contributed by atoms with van der Waals surface area (Å²) in [4.78, 5) is 15.9. The Balaban J connectivity index is 0.00000312. The van der Waals surface area contributed by atoms with Gasteiger partial charge < -0.3 is 16.0 Å². The molecule has 2 rings (SSSR count). The van der Waals surface area contributed by atoms with E-state index in [0.717, 1.165) is 5.56 Å². The molecule has 0 unspecified atom stereocenters. The molecular formula is C17H22FIN4OS. The zero-order valence-electron chi connectivity index (χ0n) is 13.9. The Bertz CT molecular complexity index is 662. The molecule has 0 saturated carbocycles. The highest BCUT2D eigenvalue weighted by molar-refractivity contribution is 14.0. The molecule has 1 amide bonds. The van der Waals surface area contributed by atoms with Crippen molar-refractivity contribution in [2.45, 2.75) is 13.0 Å². The van der Waals surface area contributed by atoms with Crippen molar-refractivity contribution in [1.29, 1.82) is 0 Å². The summed E-state index contributed by atoms with van der Waals surface area (Å²) in [5.74, 6) is 0.295. The van der Waals surface area contributed by atoms with Crippen molar-refractivity contribution in [2.24, 2.45) is 4.99 Å². The fourth-order valence-electron chi connectivity index (χ4n) is 2.03. The molecule has 1 aromatic heterocycles. The van der Waals surface area contributed by atoms with Crippen LogP contribution in [0.25, 0.3) is 0 Å². The number of carbonyl (C=O) groups excluding carboxylic acids is 1. The third kappa shape index (κ3) is 8.30. The second kappa shape index (κ2) is 11.8. The third-order valence-electron chi connectivity index (χ3n) is 3.28. The van der Waals surface area contributed by atoms with E-state index < -0.39 is 0 Å².